The first-order valence-electron chi connectivity index (χ1n) is 9.70. The van der Waals surface area contributed by atoms with Crippen LogP contribution < -0.4 is 10.2 Å². The number of carbonyl (C=O) groups excluding carboxylic acids is 2. The van der Waals surface area contributed by atoms with Gasteiger partial charge in [-0.3, -0.25) is 9.59 Å². The Balaban J connectivity index is 1.42. The Labute approximate surface area is 175 Å². The van der Waals surface area contributed by atoms with E-state index >= 15 is 0 Å². The SMILES string of the molecule is Cc1ccc(NC(=O)CSC(C)C(=O)N2CCN(c3ccc(F)cc3)CC2)cc1. The molecule has 1 atom stereocenters. The molecule has 7 heteroatoms. The summed E-state index contributed by atoms with van der Waals surface area (Å²) in [6.45, 7) is 6.51. The second-order valence-electron chi connectivity index (χ2n) is 7.16. The summed E-state index contributed by atoms with van der Waals surface area (Å²) in [6.07, 6.45) is 0. The van der Waals surface area contributed by atoms with E-state index in [9.17, 15) is 14.0 Å². The van der Waals surface area contributed by atoms with E-state index < -0.39 is 0 Å². The van der Waals surface area contributed by atoms with Gasteiger partial charge >= 0.3 is 0 Å². The first-order valence-corrected chi connectivity index (χ1v) is 10.7. The molecule has 1 N–H and O–H groups in total. The molecule has 1 saturated heterocycles. The highest BCUT2D eigenvalue weighted by Crippen LogP contribution is 2.20. The normalized spacial score (nSPS) is 15.1. The zero-order valence-electron chi connectivity index (χ0n) is 16.7. The molecule has 1 heterocycles. The fraction of sp³-hybridized carbons (Fsp3) is 0.364. The molecule has 2 amide bonds. The van der Waals surface area contributed by atoms with Crippen LogP contribution >= 0.6 is 11.8 Å². The Morgan fingerprint density at radius 2 is 1.66 bits per heavy atom. The van der Waals surface area contributed by atoms with Gasteiger partial charge in [-0.05, 0) is 50.2 Å². The van der Waals surface area contributed by atoms with Gasteiger partial charge in [0.15, 0.2) is 0 Å². The van der Waals surface area contributed by atoms with Crippen LogP contribution in [0.4, 0.5) is 15.8 Å². The van der Waals surface area contributed by atoms with E-state index in [4.69, 9.17) is 0 Å². The zero-order chi connectivity index (χ0) is 20.8. The number of halogens is 1. The van der Waals surface area contributed by atoms with Crippen LogP contribution in [0.5, 0.6) is 0 Å². The smallest absolute Gasteiger partial charge is 0.235 e. The van der Waals surface area contributed by atoms with Crippen LogP contribution in [0.25, 0.3) is 0 Å². The number of nitrogens with zero attached hydrogens (tertiary/aromatic N) is 2. The molecule has 1 fully saturated rings. The lowest BCUT2D eigenvalue weighted by Gasteiger charge is -2.37. The minimum atomic E-state index is -0.281. The summed E-state index contributed by atoms with van der Waals surface area (Å²) in [5.41, 5.74) is 2.86. The number of aryl methyl sites for hydroxylation is 1. The average Bonchev–Trinajstić information content (AvgIpc) is 2.74. The second kappa shape index (κ2) is 9.78. The molecule has 1 unspecified atom stereocenters. The van der Waals surface area contributed by atoms with E-state index in [1.807, 2.05) is 43.0 Å². The average molecular weight is 416 g/mol. The molecule has 0 saturated carbocycles. The van der Waals surface area contributed by atoms with Gasteiger partial charge in [-0.15, -0.1) is 11.8 Å². The number of carbonyl (C=O) groups is 2. The summed E-state index contributed by atoms with van der Waals surface area (Å²) in [6, 6.07) is 14.1. The van der Waals surface area contributed by atoms with E-state index in [1.54, 1.807) is 12.1 Å². The molecule has 29 heavy (non-hydrogen) atoms. The van der Waals surface area contributed by atoms with Gasteiger partial charge in [0.05, 0.1) is 11.0 Å². The van der Waals surface area contributed by atoms with Crippen LogP contribution in [0.15, 0.2) is 48.5 Å². The molecule has 0 aliphatic carbocycles. The first-order chi connectivity index (χ1) is 13.9. The lowest BCUT2D eigenvalue weighted by atomic mass is 10.2. The van der Waals surface area contributed by atoms with Crippen molar-refractivity contribution in [2.45, 2.75) is 19.1 Å². The molecule has 2 aromatic rings. The summed E-state index contributed by atoms with van der Waals surface area (Å²) in [5, 5.41) is 2.57. The van der Waals surface area contributed by atoms with Crippen LogP contribution in [-0.4, -0.2) is 53.9 Å². The molecule has 5 nitrogen and oxygen atoms in total. The van der Waals surface area contributed by atoms with Gasteiger partial charge in [-0.25, -0.2) is 4.39 Å². The van der Waals surface area contributed by atoms with Gasteiger partial charge in [0.25, 0.3) is 0 Å². The number of thioether (sulfide) groups is 1. The Kier molecular flexibility index (Phi) is 7.14. The predicted octanol–water partition coefficient (Wildman–Crippen LogP) is 3.54. The monoisotopic (exact) mass is 415 g/mol. The molecule has 0 aromatic heterocycles. The summed E-state index contributed by atoms with van der Waals surface area (Å²) in [7, 11) is 0. The first kappa shape index (κ1) is 21.2. The van der Waals surface area contributed by atoms with Crippen molar-refractivity contribution in [1.29, 1.82) is 0 Å². The minimum absolute atomic E-state index is 0.0527. The molecule has 0 spiro atoms. The van der Waals surface area contributed by atoms with Crippen LogP contribution in [0.3, 0.4) is 0 Å². The van der Waals surface area contributed by atoms with Crippen molar-refractivity contribution in [3.63, 3.8) is 0 Å². The number of benzene rings is 2. The van der Waals surface area contributed by atoms with Gasteiger partial charge in [0, 0.05) is 37.6 Å². The molecule has 2 aromatic carbocycles. The number of rotatable bonds is 6. The summed E-state index contributed by atoms with van der Waals surface area (Å²) < 4.78 is 13.1. The number of amides is 2. The number of hydrogen-bond donors (Lipinski definition) is 1. The Morgan fingerprint density at radius 3 is 2.28 bits per heavy atom. The molecule has 154 valence electrons. The van der Waals surface area contributed by atoms with Gasteiger partial charge in [0.1, 0.15) is 5.82 Å². The van der Waals surface area contributed by atoms with Crippen molar-refractivity contribution < 1.29 is 14.0 Å². The van der Waals surface area contributed by atoms with Crippen molar-refractivity contribution in [1.82, 2.24) is 4.90 Å². The minimum Gasteiger partial charge on any atom is -0.368 e. The maximum absolute atomic E-state index is 13.1. The van der Waals surface area contributed by atoms with Gasteiger partial charge in [-0.1, -0.05) is 17.7 Å². The number of hydrogen-bond acceptors (Lipinski definition) is 4. The van der Waals surface area contributed by atoms with Gasteiger partial charge in [0.2, 0.25) is 11.8 Å². The van der Waals surface area contributed by atoms with E-state index in [0.717, 1.165) is 16.9 Å². The molecule has 0 bridgehead atoms. The summed E-state index contributed by atoms with van der Waals surface area (Å²) >= 11 is 1.35. The standard InChI is InChI=1S/C22H26FN3O2S/c1-16-3-7-19(8-4-16)24-21(27)15-29-17(2)22(28)26-13-11-25(12-14-26)20-9-5-18(23)6-10-20/h3-10,17H,11-15H2,1-2H3,(H,24,27). The van der Waals surface area contributed by atoms with Crippen LogP contribution in [-0.2, 0) is 9.59 Å². The van der Waals surface area contributed by atoms with Crippen LogP contribution in [0, 0.1) is 12.7 Å². The Morgan fingerprint density at radius 1 is 1.03 bits per heavy atom. The third-order valence-corrected chi connectivity index (χ3v) is 6.06. The molecular formula is C22H26FN3O2S. The Hall–Kier alpha value is -2.54. The van der Waals surface area contributed by atoms with Crippen molar-refractivity contribution in [3.8, 4) is 0 Å². The quantitative estimate of drug-likeness (QED) is 0.784. The molecular weight excluding hydrogens is 389 g/mol. The van der Waals surface area contributed by atoms with Gasteiger partial charge in [-0.2, -0.15) is 0 Å². The molecule has 0 radical (unpaired) electrons. The topological polar surface area (TPSA) is 52.7 Å². The highest BCUT2D eigenvalue weighted by atomic mass is 32.2. The highest BCUT2D eigenvalue weighted by molar-refractivity contribution is 8.01. The number of anilines is 2. The lowest BCUT2D eigenvalue weighted by Crippen LogP contribution is -2.50. The van der Waals surface area contributed by atoms with E-state index in [2.05, 4.69) is 10.2 Å². The van der Waals surface area contributed by atoms with E-state index in [-0.39, 0.29) is 28.6 Å². The van der Waals surface area contributed by atoms with Crippen LogP contribution in [0.2, 0.25) is 0 Å². The third-order valence-electron chi connectivity index (χ3n) is 4.93. The maximum atomic E-state index is 13.1. The highest BCUT2D eigenvalue weighted by Gasteiger charge is 2.25. The van der Waals surface area contributed by atoms with Crippen molar-refractivity contribution in [3.05, 3.63) is 59.9 Å². The number of piperazine rings is 1. The lowest BCUT2D eigenvalue weighted by molar-refractivity contribution is -0.130. The zero-order valence-corrected chi connectivity index (χ0v) is 17.5. The fourth-order valence-electron chi connectivity index (χ4n) is 3.20. The predicted molar refractivity (Wildman–Crippen MR) is 117 cm³/mol. The molecule has 1 aliphatic rings. The van der Waals surface area contributed by atoms with E-state index in [0.29, 0.717) is 26.2 Å². The Bertz CT molecular complexity index is 834. The summed E-state index contributed by atoms with van der Waals surface area (Å²) in [5.74, 6) is -0.0765. The van der Waals surface area contributed by atoms with Crippen molar-refractivity contribution in [2.75, 3.05) is 42.1 Å². The summed E-state index contributed by atoms with van der Waals surface area (Å²) in [4.78, 5) is 28.8. The second-order valence-corrected chi connectivity index (χ2v) is 8.49. The maximum Gasteiger partial charge on any atom is 0.235 e. The van der Waals surface area contributed by atoms with Crippen LogP contribution in [0.1, 0.15) is 12.5 Å². The fourth-order valence-corrected chi connectivity index (χ4v) is 3.97. The molecule has 3 rings (SSSR count). The van der Waals surface area contributed by atoms with Crippen molar-refractivity contribution in [2.24, 2.45) is 0 Å². The third kappa shape index (κ3) is 5.97. The molecule has 1 aliphatic heterocycles. The number of nitrogens with one attached hydrogen (secondary N) is 1. The van der Waals surface area contributed by atoms with E-state index in [1.165, 1.54) is 23.9 Å². The van der Waals surface area contributed by atoms with Gasteiger partial charge < -0.3 is 15.1 Å². The van der Waals surface area contributed by atoms with Crippen molar-refractivity contribution >= 4 is 35.0 Å². The largest absolute Gasteiger partial charge is 0.368 e.